The fourth-order valence-corrected chi connectivity index (χ4v) is 4.17. The van der Waals surface area contributed by atoms with E-state index in [2.05, 4.69) is 9.72 Å². The smallest absolute Gasteiger partial charge is 0.324 e. The highest BCUT2D eigenvalue weighted by Gasteiger charge is 2.44. The normalized spacial score (nSPS) is 17.9. The van der Waals surface area contributed by atoms with Crippen LogP contribution in [0.2, 0.25) is 0 Å². The number of carbonyl (C=O) groups is 2. The number of aromatic nitrogens is 1. The Hall–Kier alpha value is -2.78. The molecule has 2 aromatic rings. The second-order valence-electron chi connectivity index (χ2n) is 5.59. The molecule has 136 valence electrons. The zero-order chi connectivity index (χ0) is 18.7. The summed E-state index contributed by atoms with van der Waals surface area (Å²) in [5.41, 5.74) is 0. The van der Waals surface area contributed by atoms with E-state index in [0.717, 1.165) is 11.4 Å². The quantitative estimate of drug-likeness (QED) is 0.726. The van der Waals surface area contributed by atoms with Gasteiger partial charge in [-0.1, -0.05) is 0 Å². The highest BCUT2D eigenvalue weighted by atomic mass is 32.2. The molecule has 2 heterocycles. The number of carbonyl (C=O) groups excluding carboxylic acids is 2. The van der Waals surface area contributed by atoms with Gasteiger partial charge in [-0.05, 0) is 36.4 Å². The molecular weight excluding hydrogens is 360 g/mol. The van der Waals surface area contributed by atoms with Gasteiger partial charge in [-0.15, -0.1) is 0 Å². The molecule has 26 heavy (non-hydrogen) atoms. The number of esters is 1. The van der Waals surface area contributed by atoms with E-state index in [1.165, 1.54) is 24.3 Å². The lowest BCUT2D eigenvalue weighted by Crippen LogP contribution is -2.41. The maximum Gasteiger partial charge on any atom is 0.324 e. The minimum atomic E-state index is -4.02. The van der Waals surface area contributed by atoms with Crippen LogP contribution < -0.4 is 4.74 Å². The molecule has 0 saturated carbocycles. The van der Waals surface area contributed by atoms with Gasteiger partial charge in [0.25, 0.3) is 0 Å². The standard InChI is InChI=1S/C17H16N2O6S/c1-24-17(21)16-10-12(20)11-19(16)26(22,23)15-4-2-13(3-5-15)25-14-6-8-18-9-7-14/h2-9,16H,10-11H2,1H3/t16-/m1/s1. The molecule has 0 radical (unpaired) electrons. The van der Waals surface area contributed by atoms with Crippen molar-refractivity contribution in [2.75, 3.05) is 13.7 Å². The van der Waals surface area contributed by atoms with Gasteiger partial charge >= 0.3 is 5.97 Å². The molecule has 0 spiro atoms. The summed E-state index contributed by atoms with van der Waals surface area (Å²) >= 11 is 0. The van der Waals surface area contributed by atoms with Gasteiger partial charge in [0.15, 0.2) is 0 Å². The number of methoxy groups -OCH3 is 1. The topological polar surface area (TPSA) is 103 Å². The predicted molar refractivity (Wildman–Crippen MR) is 90.1 cm³/mol. The molecule has 1 aromatic heterocycles. The fourth-order valence-electron chi connectivity index (χ4n) is 2.61. The monoisotopic (exact) mass is 376 g/mol. The van der Waals surface area contributed by atoms with E-state index >= 15 is 0 Å². The van der Waals surface area contributed by atoms with Crippen LogP contribution in [-0.2, 0) is 24.3 Å². The molecule has 8 nitrogen and oxygen atoms in total. The van der Waals surface area contributed by atoms with Crippen LogP contribution in [0.25, 0.3) is 0 Å². The molecule has 1 aliphatic heterocycles. The molecule has 0 amide bonds. The lowest BCUT2D eigenvalue weighted by molar-refractivity contribution is -0.144. The van der Waals surface area contributed by atoms with E-state index in [-0.39, 0.29) is 23.6 Å². The molecule has 3 rings (SSSR count). The number of sulfonamides is 1. The van der Waals surface area contributed by atoms with Crippen LogP contribution in [-0.4, -0.2) is 49.2 Å². The number of Topliss-reactive ketones (excluding diaryl/α,β-unsaturated/α-hetero) is 1. The van der Waals surface area contributed by atoms with Gasteiger partial charge in [0.1, 0.15) is 23.3 Å². The number of hydrogen-bond donors (Lipinski definition) is 0. The van der Waals surface area contributed by atoms with Crippen molar-refractivity contribution in [1.29, 1.82) is 0 Å². The minimum absolute atomic E-state index is 0.0387. The van der Waals surface area contributed by atoms with Crippen molar-refractivity contribution in [3.8, 4) is 11.5 Å². The van der Waals surface area contributed by atoms with Crippen molar-refractivity contribution in [1.82, 2.24) is 9.29 Å². The Morgan fingerprint density at radius 2 is 1.73 bits per heavy atom. The summed E-state index contributed by atoms with van der Waals surface area (Å²) in [5, 5.41) is 0. The van der Waals surface area contributed by atoms with Gasteiger partial charge in [0.05, 0.1) is 18.6 Å². The first kappa shape index (κ1) is 18.0. The fraction of sp³-hybridized carbons (Fsp3) is 0.235. The SMILES string of the molecule is COC(=O)[C@H]1CC(=O)CN1S(=O)(=O)c1ccc(Oc2ccncc2)cc1. The van der Waals surface area contributed by atoms with Crippen LogP contribution in [0.5, 0.6) is 11.5 Å². The summed E-state index contributed by atoms with van der Waals surface area (Å²) in [6.07, 6.45) is 2.96. The molecule has 0 unspecified atom stereocenters. The number of nitrogens with zero attached hydrogens (tertiary/aromatic N) is 2. The van der Waals surface area contributed by atoms with Crippen molar-refractivity contribution in [2.24, 2.45) is 0 Å². The van der Waals surface area contributed by atoms with Crippen LogP contribution in [0.1, 0.15) is 6.42 Å². The third-order valence-electron chi connectivity index (χ3n) is 3.89. The van der Waals surface area contributed by atoms with Crippen molar-refractivity contribution in [3.63, 3.8) is 0 Å². The summed E-state index contributed by atoms with van der Waals surface area (Å²) in [4.78, 5) is 27.3. The van der Waals surface area contributed by atoms with Gasteiger partial charge in [-0.2, -0.15) is 4.31 Å². The third kappa shape index (κ3) is 3.58. The summed E-state index contributed by atoms with van der Waals surface area (Å²) < 4.78 is 36.7. The Labute approximate surface area is 150 Å². The van der Waals surface area contributed by atoms with Gasteiger partial charge in [-0.3, -0.25) is 14.6 Å². The Morgan fingerprint density at radius 3 is 2.35 bits per heavy atom. The summed E-state index contributed by atoms with van der Waals surface area (Å²) in [7, 11) is -2.87. The lowest BCUT2D eigenvalue weighted by Gasteiger charge is -2.21. The molecule has 1 saturated heterocycles. The van der Waals surface area contributed by atoms with Crippen LogP contribution >= 0.6 is 0 Å². The van der Waals surface area contributed by atoms with Crippen molar-refractivity contribution in [2.45, 2.75) is 17.4 Å². The molecule has 1 fully saturated rings. The second-order valence-corrected chi connectivity index (χ2v) is 7.48. The highest BCUT2D eigenvalue weighted by Crippen LogP contribution is 2.27. The van der Waals surface area contributed by atoms with E-state index in [9.17, 15) is 18.0 Å². The summed E-state index contributed by atoms with van der Waals surface area (Å²) in [6, 6.07) is 7.93. The zero-order valence-corrected chi connectivity index (χ0v) is 14.7. The van der Waals surface area contributed by atoms with Crippen LogP contribution in [0.15, 0.2) is 53.7 Å². The van der Waals surface area contributed by atoms with Crippen molar-refractivity contribution >= 4 is 21.8 Å². The molecule has 9 heteroatoms. The second kappa shape index (κ2) is 7.22. The first-order valence-corrected chi connectivity index (χ1v) is 9.15. The number of benzene rings is 1. The van der Waals surface area contributed by atoms with Gasteiger partial charge in [0.2, 0.25) is 10.0 Å². The first-order chi connectivity index (χ1) is 12.4. The number of ether oxygens (including phenoxy) is 2. The van der Waals surface area contributed by atoms with Gasteiger partial charge < -0.3 is 9.47 Å². The third-order valence-corrected chi connectivity index (χ3v) is 5.76. The molecule has 0 aliphatic carbocycles. The zero-order valence-electron chi connectivity index (χ0n) is 13.9. The maximum absolute atomic E-state index is 12.8. The number of hydrogen-bond acceptors (Lipinski definition) is 7. The molecule has 0 N–H and O–H groups in total. The van der Waals surface area contributed by atoms with Gasteiger partial charge in [0, 0.05) is 18.8 Å². The highest BCUT2D eigenvalue weighted by molar-refractivity contribution is 7.89. The minimum Gasteiger partial charge on any atom is -0.468 e. The van der Waals surface area contributed by atoms with E-state index in [1.807, 2.05) is 0 Å². The Balaban J connectivity index is 1.83. The van der Waals surface area contributed by atoms with Crippen LogP contribution in [0.3, 0.4) is 0 Å². The predicted octanol–water partition coefficient (Wildman–Crippen LogP) is 1.38. The Bertz CT molecular complexity index is 912. The molecule has 1 aromatic carbocycles. The van der Waals surface area contributed by atoms with E-state index in [4.69, 9.17) is 4.74 Å². The molecule has 1 aliphatic rings. The maximum atomic E-state index is 12.8. The van der Waals surface area contributed by atoms with Gasteiger partial charge in [-0.25, -0.2) is 8.42 Å². The molecule has 0 bridgehead atoms. The summed E-state index contributed by atoms with van der Waals surface area (Å²) in [5.74, 6) is -0.0812. The van der Waals surface area contributed by atoms with Crippen molar-refractivity contribution in [3.05, 3.63) is 48.8 Å². The Kier molecular flexibility index (Phi) is 5.01. The average Bonchev–Trinajstić information content (AvgIpc) is 3.05. The van der Waals surface area contributed by atoms with E-state index in [1.54, 1.807) is 24.5 Å². The molecular formula is C17H16N2O6S. The number of ketones is 1. The number of rotatable bonds is 5. The average molecular weight is 376 g/mol. The summed E-state index contributed by atoms with van der Waals surface area (Å²) in [6.45, 7) is -0.350. The lowest BCUT2D eigenvalue weighted by atomic mass is 10.2. The van der Waals surface area contributed by atoms with Crippen LogP contribution in [0.4, 0.5) is 0 Å². The van der Waals surface area contributed by atoms with E-state index in [0.29, 0.717) is 11.5 Å². The Morgan fingerprint density at radius 1 is 1.12 bits per heavy atom. The van der Waals surface area contributed by atoms with E-state index < -0.39 is 22.0 Å². The van der Waals surface area contributed by atoms with Crippen molar-refractivity contribution < 1.29 is 27.5 Å². The first-order valence-electron chi connectivity index (χ1n) is 7.71. The molecule has 1 atom stereocenters. The van der Waals surface area contributed by atoms with Crippen LogP contribution in [0, 0.1) is 0 Å². The number of pyridine rings is 1. The largest absolute Gasteiger partial charge is 0.468 e.